The van der Waals surface area contributed by atoms with E-state index in [1.54, 1.807) is 0 Å². The monoisotopic (exact) mass is 415 g/mol. The Labute approximate surface area is 181 Å². The van der Waals surface area contributed by atoms with E-state index in [2.05, 4.69) is 23.1 Å². The van der Waals surface area contributed by atoms with E-state index in [9.17, 15) is 4.79 Å². The summed E-state index contributed by atoms with van der Waals surface area (Å²) in [5.74, 6) is 0.831. The zero-order valence-corrected chi connectivity index (χ0v) is 17.3. The van der Waals surface area contributed by atoms with Crippen LogP contribution in [0.1, 0.15) is 29.2 Å². The van der Waals surface area contributed by atoms with Crippen molar-refractivity contribution >= 4 is 11.6 Å². The molecule has 2 aromatic carbocycles. The van der Waals surface area contributed by atoms with Gasteiger partial charge in [-0.2, -0.15) is 5.26 Å². The molecule has 2 atom stereocenters. The normalized spacial score (nSPS) is 20.4. The fourth-order valence-corrected chi connectivity index (χ4v) is 5.15. The van der Waals surface area contributed by atoms with Crippen LogP contribution in [0.25, 0.3) is 11.1 Å². The predicted octanol–water partition coefficient (Wildman–Crippen LogP) is 4.66. The summed E-state index contributed by atoms with van der Waals surface area (Å²) in [7, 11) is 0. The summed E-state index contributed by atoms with van der Waals surface area (Å²) < 4.78 is 2.00. The Kier molecular flexibility index (Phi) is 4.94. The van der Waals surface area contributed by atoms with E-state index in [4.69, 9.17) is 16.9 Å². The minimum Gasteiger partial charge on any atom is -0.311 e. The van der Waals surface area contributed by atoms with Gasteiger partial charge in [0.1, 0.15) is 0 Å². The molecule has 1 fully saturated rings. The van der Waals surface area contributed by atoms with Crippen LogP contribution in [0.15, 0.2) is 65.5 Å². The number of halogens is 1. The molecule has 2 bridgehead atoms. The van der Waals surface area contributed by atoms with E-state index < -0.39 is 0 Å². The molecule has 0 saturated carbocycles. The van der Waals surface area contributed by atoms with Gasteiger partial charge in [-0.15, -0.1) is 0 Å². The molecule has 4 nitrogen and oxygen atoms in total. The number of benzene rings is 2. The standard InChI is InChI=1S/C25H22ClN3O/c26-22-6-4-20(5-7-22)23-8-9-24-21-11-19(15-29(24)25(23)30)14-28(16-21)13-18-3-1-2-17(10-18)12-27/h1-10,19,21H,11,13-16H2/t19-,21-/m1/s1. The Bertz CT molecular complexity index is 1190. The smallest absolute Gasteiger partial charge is 0.258 e. The van der Waals surface area contributed by atoms with Gasteiger partial charge in [0, 0.05) is 48.4 Å². The molecule has 3 heterocycles. The average molecular weight is 416 g/mol. The molecule has 0 unspecified atom stereocenters. The summed E-state index contributed by atoms with van der Waals surface area (Å²) in [5, 5.41) is 9.82. The molecule has 150 valence electrons. The first kappa shape index (κ1) is 19.1. The molecular weight excluding hydrogens is 394 g/mol. The highest BCUT2D eigenvalue weighted by Gasteiger charge is 2.35. The number of pyridine rings is 1. The van der Waals surface area contributed by atoms with Gasteiger partial charge < -0.3 is 4.57 Å². The van der Waals surface area contributed by atoms with Crippen molar-refractivity contribution in [1.82, 2.24) is 9.47 Å². The topological polar surface area (TPSA) is 49.0 Å². The third-order valence-corrected chi connectivity index (χ3v) is 6.55. The summed E-state index contributed by atoms with van der Waals surface area (Å²) in [6, 6.07) is 21.6. The maximum absolute atomic E-state index is 13.3. The van der Waals surface area contributed by atoms with E-state index >= 15 is 0 Å². The van der Waals surface area contributed by atoms with Crippen LogP contribution in [-0.2, 0) is 13.1 Å². The molecule has 5 heteroatoms. The second kappa shape index (κ2) is 7.75. The van der Waals surface area contributed by atoms with Gasteiger partial charge in [-0.1, -0.05) is 35.9 Å². The van der Waals surface area contributed by atoms with Gasteiger partial charge in [0.25, 0.3) is 5.56 Å². The molecule has 1 aromatic heterocycles. The quantitative estimate of drug-likeness (QED) is 0.625. The second-order valence-corrected chi connectivity index (χ2v) is 8.84. The first-order chi connectivity index (χ1) is 14.6. The molecule has 2 aliphatic rings. The minimum absolute atomic E-state index is 0.0969. The van der Waals surface area contributed by atoms with Crippen molar-refractivity contribution in [1.29, 1.82) is 5.26 Å². The Hall–Kier alpha value is -2.87. The maximum Gasteiger partial charge on any atom is 0.258 e. The molecule has 5 rings (SSSR count). The third-order valence-electron chi connectivity index (χ3n) is 6.30. The zero-order chi connectivity index (χ0) is 20.7. The highest BCUT2D eigenvalue weighted by Crippen LogP contribution is 2.36. The van der Waals surface area contributed by atoms with Crippen LogP contribution >= 0.6 is 11.6 Å². The lowest BCUT2D eigenvalue weighted by molar-refractivity contribution is 0.114. The lowest BCUT2D eigenvalue weighted by atomic mass is 9.82. The molecule has 30 heavy (non-hydrogen) atoms. The Morgan fingerprint density at radius 3 is 2.67 bits per heavy atom. The Morgan fingerprint density at radius 2 is 1.87 bits per heavy atom. The van der Waals surface area contributed by atoms with Gasteiger partial charge in [-0.3, -0.25) is 9.69 Å². The summed E-state index contributed by atoms with van der Waals surface area (Å²) in [6.45, 7) is 3.52. The van der Waals surface area contributed by atoms with Crippen molar-refractivity contribution < 1.29 is 0 Å². The number of hydrogen-bond donors (Lipinski definition) is 0. The Balaban J connectivity index is 1.41. The fraction of sp³-hybridized carbons (Fsp3) is 0.280. The van der Waals surface area contributed by atoms with Crippen LogP contribution in [0.2, 0.25) is 5.02 Å². The summed E-state index contributed by atoms with van der Waals surface area (Å²) in [4.78, 5) is 15.7. The maximum atomic E-state index is 13.3. The number of nitrogens with zero attached hydrogens (tertiary/aromatic N) is 3. The lowest BCUT2D eigenvalue weighted by Crippen LogP contribution is -2.46. The predicted molar refractivity (Wildman–Crippen MR) is 118 cm³/mol. The first-order valence-corrected chi connectivity index (χ1v) is 10.7. The molecule has 0 N–H and O–H groups in total. The van der Waals surface area contributed by atoms with Crippen molar-refractivity contribution in [2.45, 2.75) is 25.4 Å². The third kappa shape index (κ3) is 3.56. The van der Waals surface area contributed by atoms with Crippen LogP contribution in [0, 0.1) is 17.2 Å². The second-order valence-electron chi connectivity index (χ2n) is 8.40. The number of fused-ring (bicyclic) bond motifs is 4. The van der Waals surface area contributed by atoms with E-state index in [1.165, 1.54) is 5.56 Å². The number of likely N-dealkylation sites (tertiary alicyclic amines) is 1. The van der Waals surface area contributed by atoms with Crippen molar-refractivity contribution in [2.75, 3.05) is 13.1 Å². The molecule has 2 aliphatic heterocycles. The average Bonchev–Trinajstić information content (AvgIpc) is 2.75. The Morgan fingerprint density at radius 1 is 1.03 bits per heavy atom. The van der Waals surface area contributed by atoms with E-state index in [1.807, 2.05) is 53.1 Å². The van der Waals surface area contributed by atoms with E-state index in [-0.39, 0.29) is 5.56 Å². The van der Waals surface area contributed by atoms with E-state index in [0.29, 0.717) is 22.4 Å². The van der Waals surface area contributed by atoms with Crippen molar-refractivity contribution in [3.8, 4) is 17.2 Å². The van der Waals surface area contributed by atoms with Crippen LogP contribution in [0.4, 0.5) is 0 Å². The number of hydrogen-bond acceptors (Lipinski definition) is 3. The van der Waals surface area contributed by atoms with Gasteiger partial charge in [-0.25, -0.2) is 0 Å². The van der Waals surface area contributed by atoms with Gasteiger partial charge in [0.15, 0.2) is 0 Å². The van der Waals surface area contributed by atoms with Crippen LogP contribution < -0.4 is 5.56 Å². The van der Waals surface area contributed by atoms with E-state index in [0.717, 1.165) is 49.4 Å². The van der Waals surface area contributed by atoms with Crippen LogP contribution in [-0.4, -0.2) is 22.6 Å². The summed E-state index contributed by atoms with van der Waals surface area (Å²) in [6.07, 6.45) is 1.13. The SMILES string of the molecule is N#Cc1cccc(CN2C[C@H]3C[C@H](C2)c2ccc(-c4ccc(Cl)cc4)c(=O)n2C3)c1. The molecule has 0 spiro atoms. The molecular formula is C25H22ClN3O. The zero-order valence-electron chi connectivity index (χ0n) is 16.6. The van der Waals surface area contributed by atoms with Crippen molar-refractivity contribution in [2.24, 2.45) is 5.92 Å². The summed E-state index contributed by atoms with van der Waals surface area (Å²) >= 11 is 6.00. The molecule has 0 aliphatic carbocycles. The highest BCUT2D eigenvalue weighted by molar-refractivity contribution is 6.30. The molecule has 0 radical (unpaired) electrons. The number of piperidine rings is 1. The number of nitriles is 1. The summed E-state index contributed by atoms with van der Waals surface area (Å²) in [5.41, 5.74) is 4.76. The highest BCUT2D eigenvalue weighted by atomic mass is 35.5. The minimum atomic E-state index is 0.0969. The number of rotatable bonds is 3. The van der Waals surface area contributed by atoms with Crippen molar-refractivity contribution in [3.05, 3.63) is 92.9 Å². The van der Waals surface area contributed by atoms with Gasteiger partial charge >= 0.3 is 0 Å². The molecule has 0 amide bonds. The van der Waals surface area contributed by atoms with Crippen molar-refractivity contribution in [3.63, 3.8) is 0 Å². The van der Waals surface area contributed by atoms with Gasteiger partial charge in [0.2, 0.25) is 0 Å². The van der Waals surface area contributed by atoms with Gasteiger partial charge in [-0.05, 0) is 59.9 Å². The van der Waals surface area contributed by atoms with Crippen LogP contribution in [0.3, 0.4) is 0 Å². The largest absolute Gasteiger partial charge is 0.311 e. The number of aromatic nitrogens is 1. The fourth-order valence-electron chi connectivity index (χ4n) is 5.02. The van der Waals surface area contributed by atoms with Crippen LogP contribution in [0.5, 0.6) is 0 Å². The van der Waals surface area contributed by atoms with Gasteiger partial charge in [0.05, 0.1) is 11.6 Å². The lowest BCUT2D eigenvalue weighted by Gasteiger charge is -2.43. The molecule has 1 saturated heterocycles. The molecule has 3 aromatic rings. The first-order valence-electron chi connectivity index (χ1n) is 10.3.